The zero-order chi connectivity index (χ0) is 11.4. The molecule has 1 aromatic rings. The quantitative estimate of drug-likeness (QED) is 0.622. The minimum Gasteiger partial charge on any atom is -0.507 e. The first-order valence-corrected chi connectivity index (χ1v) is 4.05. The molecule has 0 radical (unpaired) electrons. The van der Waals surface area contributed by atoms with Crippen LogP contribution in [-0.2, 0) is 9.59 Å². The normalized spacial score (nSPS) is 11.1. The summed E-state index contributed by atoms with van der Waals surface area (Å²) in [5, 5.41) is 18.2. The molecule has 0 spiro atoms. The maximum absolute atomic E-state index is 10.8. The van der Waals surface area contributed by atoms with E-state index >= 15 is 0 Å². The van der Waals surface area contributed by atoms with E-state index in [0.717, 1.165) is 6.08 Å². The molecule has 1 aromatic carbocycles. The molecule has 0 heterocycles. The first kappa shape index (κ1) is 10.8. The van der Waals surface area contributed by atoms with E-state index in [0.29, 0.717) is 0 Å². The van der Waals surface area contributed by atoms with E-state index in [1.165, 1.54) is 12.1 Å². The van der Waals surface area contributed by atoms with Crippen molar-refractivity contribution in [3.8, 4) is 5.75 Å². The van der Waals surface area contributed by atoms with Crippen LogP contribution < -0.4 is 5.73 Å². The maximum atomic E-state index is 10.8. The van der Waals surface area contributed by atoms with E-state index in [-0.39, 0.29) is 16.9 Å². The van der Waals surface area contributed by atoms with Crippen LogP contribution in [0.3, 0.4) is 0 Å². The zero-order valence-electron chi connectivity index (χ0n) is 7.68. The van der Waals surface area contributed by atoms with Crippen molar-refractivity contribution >= 4 is 17.4 Å². The summed E-state index contributed by atoms with van der Waals surface area (Å²) in [6.45, 7) is 0. The van der Waals surface area contributed by atoms with Gasteiger partial charge >= 0.3 is 5.97 Å². The first-order chi connectivity index (χ1) is 7.02. The number of carboxylic acids is 1. The fraction of sp³-hybridized carbons (Fsp3) is 0. The summed E-state index contributed by atoms with van der Waals surface area (Å²) in [4.78, 5) is 21.4. The lowest BCUT2D eigenvalue weighted by molar-refractivity contribution is -0.130. The molecule has 0 fully saturated rings. The highest BCUT2D eigenvalue weighted by atomic mass is 16.4. The Hall–Kier alpha value is -2.30. The lowest BCUT2D eigenvalue weighted by Crippen LogP contribution is -2.10. The molecule has 0 atom stereocenters. The molecule has 0 aliphatic heterocycles. The molecule has 0 aliphatic rings. The second-order valence-corrected chi connectivity index (χ2v) is 2.78. The Morgan fingerprint density at radius 3 is 2.33 bits per heavy atom. The molecule has 0 unspecified atom stereocenters. The second-order valence-electron chi connectivity index (χ2n) is 2.78. The molecule has 0 aliphatic carbocycles. The van der Waals surface area contributed by atoms with Gasteiger partial charge in [-0.05, 0) is 6.07 Å². The lowest BCUT2D eigenvalue weighted by atomic mass is 10.0. The van der Waals surface area contributed by atoms with Gasteiger partial charge in [-0.2, -0.15) is 0 Å². The maximum Gasteiger partial charge on any atom is 0.336 e. The highest BCUT2D eigenvalue weighted by Crippen LogP contribution is 2.24. The standard InChI is InChI=1S/C10H9NO4/c11-9(13)5-7(10(14)15)6-3-1-2-4-8(6)12/h1-5,12H,(H2,11,13)(H,14,15). The summed E-state index contributed by atoms with van der Waals surface area (Å²) in [6.07, 6.45) is 0.761. The highest BCUT2D eigenvalue weighted by molar-refractivity contribution is 6.20. The number of phenols is 1. The van der Waals surface area contributed by atoms with Crippen molar-refractivity contribution in [2.75, 3.05) is 0 Å². The number of nitrogens with two attached hydrogens (primary N) is 1. The molecule has 1 rings (SSSR count). The predicted octanol–water partition coefficient (Wildman–Crippen LogP) is 0.345. The Kier molecular flexibility index (Phi) is 3.07. The van der Waals surface area contributed by atoms with E-state index in [4.69, 9.17) is 10.8 Å². The monoisotopic (exact) mass is 207 g/mol. The second kappa shape index (κ2) is 4.28. The summed E-state index contributed by atoms with van der Waals surface area (Å²) >= 11 is 0. The van der Waals surface area contributed by atoms with Gasteiger partial charge < -0.3 is 15.9 Å². The highest BCUT2D eigenvalue weighted by Gasteiger charge is 2.14. The number of carboxylic acid groups (broad SMARTS) is 1. The summed E-state index contributed by atoms with van der Waals surface area (Å²) in [7, 11) is 0. The number of benzene rings is 1. The van der Waals surface area contributed by atoms with Crippen molar-refractivity contribution in [1.82, 2.24) is 0 Å². The number of aromatic hydroxyl groups is 1. The van der Waals surface area contributed by atoms with Crippen LogP contribution in [0.1, 0.15) is 5.56 Å². The third-order valence-corrected chi connectivity index (χ3v) is 1.71. The topological polar surface area (TPSA) is 101 Å². The van der Waals surface area contributed by atoms with E-state index in [1.54, 1.807) is 12.1 Å². The van der Waals surface area contributed by atoms with Gasteiger partial charge in [0.2, 0.25) is 5.91 Å². The van der Waals surface area contributed by atoms with Gasteiger partial charge in [-0.25, -0.2) is 4.79 Å². The lowest BCUT2D eigenvalue weighted by Gasteiger charge is -2.03. The molecule has 15 heavy (non-hydrogen) atoms. The Balaban J connectivity index is 3.29. The fourth-order valence-electron chi connectivity index (χ4n) is 1.10. The molecule has 4 N–H and O–H groups in total. The van der Waals surface area contributed by atoms with Crippen LogP contribution in [-0.4, -0.2) is 22.1 Å². The van der Waals surface area contributed by atoms with Crippen LogP contribution in [0.2, 0.25) is 0 Å². The number of rotatable bonds is 3. The molecule has 5 heteroatoms. The molecule has 0 saturated heterocycles. The van der Waals surface area contributed by atoms with Crippen LogP contribution in [0.15, 0.2) is 30.3 Å². The largest absolute Gasteiger partial charge is 0.507 e. The minimum absolute atomic E-state index is 0.0591. The van der Waals surface area contributed by atoms with Gasteiger partial charge in [0, 0.05) is 11.6 Å². The number of phenolic OH excluding ortho intramolecular Hbond substituents is 1. The number of hydrogen-bond acceptors (Lipinski definition) is 3. The van der Waals surface area contributed by atoms with Crippen LogP contribution in [0, 0.1) is 0 Å². The van der Waals surface area contributed by atoms with Crippen LogP contribution in [0.5, 0.6) is 5.75 Å². The van der Waals surface area contributed by atoms with Crippen LogP contribution >= 0.6 is 0 Å². The van der Waals surface area contributed by atoms with Crippen molar-refractivity contribution in [1.29, 1.82) is 0 Å². The Morgan fingerprint density at radius 1 is 1.27 bits per heavy atom. The minimum atomic E-state index is -1.32. The van der Waals surface area contributed by atoms with Crippen molar-refractivity contribution in [2.24, 2.45) is 5.73 Å². The van der Waals surface area contributed by atoms with Crippen molar-refractivity contribution in [3.63, 3.8) is 0 Å². The van der Waals surface area contributed by atoms with Gasteiger partial charge in [0.25, 0.3) is 0 Å². The van der Waals surface area contributed by atoms with E-state index in [2.05, 4.69) is 0 Å². The number of primary amides is 1. The van der Waals surface area contributed by atoms with Gasteiger partial charge in [0.05, 0.1) is 5.57 Å². The van der Waals surface area contributed by atoms with Gasteiger partial charge in [-0.1, -0.05) is 18.2 Å². The Bertz CT molecular complexity index is 437. The number of aliphatic carboxylic acids is 1. The third-order valence-electron chi connectivity index (χ3n) is 1.71. The van der Waals surface area contributed by atoms with Crippen LogP contribution in [0.25, 0.3) is 5.57 Å². The summed E-state index contributed by atoms with van der Waals surface area (Å²) < 4.78 is 0. The van der Waals surface area contributed by atoms with E-state index in [9.17, 15) is 14.7 Å². The van der Waals surface area contributed by atoms with Gasteiger partial charge in [-0.3, -0.25) is 4.79 Å². The number of hydrogen-bond donors (Lipinski definition) is 3. The van der Waals surface area contributed by atoms with Crippen LogP contribution in [0.4, 0.5) is 0 Å². The SMILES string of the molecule is NC(=O)C=C(C(=O)O)c1ccccc1O. The van der Waals surface area contributed by atoms with E-state index < -0.39 is 11.9 Å². The number of amides is 1. The number of para-hydroxylation sites is 1. The van der Waals surface area contributed by atoms with Crippen molar-refractivity contribution < 1.29 is 19.8 Å². The van der Waals surface area contributed by atoms with Crippen molar-refractivity contribution in [2.45, 2.75) is 0 Å². The first-order valence-electron chi connectivity index (χ1n) is 4.05. The van der Waals surface area contributed by atoms with Crippen molar-refractivity contribution in [3.05, 3.63) is 35.9 Å². The molecule has 0 aromatic heterocycles. The molecule has 78 valence electrons. The van der Waals surface area contributed by atoms with Gasteiger partial charge in [0.15, 0.2) is 0 Å². The molecule has 5 nitrogen and oxygen atoms in total. The summed E-state index contributed by atoms with van der Waals surface area (Å²) in [5.41, 5.74) is 4.58. The molecule has 1 amide bonds. The zero-order valence-corrected chi connectivity index (χ0v) is 7.68. The Labute approximate surface area is 85.5 Å². The number of carbonyl (C=O) groups excluding carboxylic acids is 1. The summed E-state index contributed by atoms with van der Waals surface area (Å²) in [5.74, 6) is -2.42. The summed E-state index contributed by atoms with van der Waals surface area (Å²) in [6, 6.07) is 5.81. The average Bonchev–Trinajstić information content (AvgIpc) is 2.15. The van der Waals surface area contributed by atoms with E-state index in [1.807, 2.05) is 0 Å². The molecule has 0 bridgehead atoms. The average molecular weight is 207 g/mol. The molecular formula is C10H9NO4. The molecule has 0 saturated carbocycles. The fourth-order valence-corrected chi connectivity index (χ4v) is 1.10. The van der Waals surface area contributed by atoms with Gasteiger partial charge in [0.1, 0.15) is 5.75 Å². The Morgan fingerprint density at radius 2 is 1.87 bits per heavy atom. The predicted molar refractivity (Wildman–Crippen MR) is 52.9 cm³/mol. The van der Waals surface area contributed by atoms with Gasteiger partial charge in [-0.15, -0.1) is 0 Å². The third kappa shape index (κ3) is 2.57. The number of carbonyl (C=O) groups is 2. The molecular weight excluding hydrogens is 198 g/mol. The smallest absolute Gasteiger partial charge is 0.336 e.